The van der Waals surface area contributed by atoms with E-state index in [2.05, 4.69) is 184 Å². The van der Waals surface area contributed by atoms with Crippen molar-refractivity contribution in [3.8, 4) is 67.8 Å². The maximum absolute atomic E-state index is 5.11. The molecule has 0 unspecified atom stereocenters. The molecule has 4 nitrogen and oxygen atoms in total. The molecule has 0 N–H and O–H groups in total. The van der Waals surface area contributed by atoms with Crippen molar-refractivity contribution < 1.29 is 0 Å². The third-order valence-electron chi connectivity index (χ3n) is 11.5. The quantitative estimate of drug-likeness (QED) is 0.155. The first kappa shape index (κ1) is 35.8. The van der Waals surface area contributed by atoms with Gasteiger partial charge in [0.05, 0.1) is 22.8 Å². The van der Waals surface area contributed by atoms with Gasteiger partial charge in [0, 0.05) is 38.8 Å². The minimum atomic E-state index is -0.263. The first-order valence-electron chi connectivity index (χ1n) is 20.1. The lowest BCUT2D eigenvalue weighted by atomic mass is 9.77. The van der Waals surface area contributed by atoms with E-state index in [1.165, 1.54) is 32.7 Å². The Balaban J connectivity index is 0.987. The van der Waals surface area contributed by atoms with Crippen molar-refractivity contribution in [1.29, 1.82) is 0 Å². The zero-order chi connectivity index (χ0) is 39.8. The SMILES string of the molecule is CC(C)(c1ccc(-c2cc(-c3cccc4ccccc34)nc(-c3ccccc3)n2)cc1)c1ccc(-c2cc(-c3cccc4ccccc34)nc(-c3ccccc3)n2)cc1. The van der Waals surface area contributed by atoms with E-state index in [1.54, 1.807) is 0 Å². The lowest BCUT2D eigenvalue weighted by Crippen LogP contribution is -2.18. The lowest BCUT2D eigenvalue weighted by molar-refractivity contribution is 0.641. The van der Waals surface area contributed by atoms with E-state index in [4.69, 9.17) is 19.9 Å². The topological polar surface area (TPSA) is 51.6 Å². The van der Waals surface area contributed by atoms with Gasteiger partial charge >= 0.3 is 0 Å². The summed E-state index contributed by atoms with van der Waals surface area (Å²) >= 11 is 0. The van der Waals surface area contributed by atoms with Gasteiger partial charge in [0.1, 0.15) is 0 Å². The van der Waals surface area contributed by atoms with Crippen LogP contribution in [-0.2, 0) is 5.41 Å². The third-order valence-corrected chi connectivity index (χ3v) is 11.5. The smallest absolute Gasteiger partial charge is 0.160 e. The zero-order valence-corrected chi connectivity index (χ0v) is 32.9. The van der Waals surface area contributed by atoms with Crippen LogP contribution in [0.3, 0.4) is 0 Å². The van der Waals surface area contributed by atoms with Gasteiger partial charge in [-0.05, 0) is 44.8 Å². The Kier molecular flexibility index (Phi) is 9.15. The van der Waals surface area contributed by atoms with Crippen molar-refractivity contribution in [3.05, 3.63) is 217 Å². The molecule has 0 saturated heterocycles. The maximum Gasteiger partial charge on any atom is 0.160 e. The lowest BCUT2D eigenvalue weighted by Gasteiger charge is -2.26. The molecule has 4 heteroatoms. The van der Waals surface area contributed by atoms with Gasteiger partial charge in [-0.15, -0.1) is 0 Å². The zero-order valence-electron chi connectivity index (χ0n) is 32.9. The van der Waals surface area contributed by atoms with Gasteiger partial charge in [-0.25, -0.2) is 19.9 Å². The molecule has 0 aliphatic heterocycles. The number of hydrogen-bond acceptors (Lipinski definition) is 4. The van der Waals surface area contributed by atoms with Crippen LogP contribution in [0.15, 0.2) is 206 Å². The summed E-state index contributed by atoms with van der Waals surface area (Å²) in [5.74, 6) is 1.42. The summed E-state index contributed by atoms with van der Waals surface area (Å²) in [5.41, 5.74) is 12.0. The molecule has 8 aromatic carbocycles. The van der Waals surface area contributed by atoms with E-state index in [0.717, 1.165) is 56.2 Å². The summed E-state index contributed by atoms with van der Waals surface area (Å²) in [5, 5.41) is 4.71. The van der Waals surface area contributed by atoms with Crippen LogP contribution in [-0.4, -0.2) is 19.9 Å². The van der Waals surface area contributed by atoms with Crippen molar-refractivity contribution in [2.24, 2.45) is 0 Å². The van der Waals surface area contributed by atoms with Crippen molar-refractivity contribution in [2.45, 2.75) is 19.3 Å². The molecular weight excluding hydrogens is 717 g/mol. The fourth-order valence-electron chi connectivity index (χ4n) is 8.08. The van der Waals surface area contributed by atoms with Gasteiger partial charge in [-0.2, -0.15) is 0 Å². The predicted molar refractivity (Wildman–Crippen MR) is 244 cm³/mol. The second-order valence-corrected chi connectivity index (χ2v) is 15.5. The van der Waals surface area contributed by atoms with Crippen LogP contribution in [0, 0.1) is 0 Å². The van der Waals surface area contributed by atoms with Crippen LogP contribution in [0.4, 0.5) is 0 Å². The minimum Gasteiger partial charge on any atom is -0.228 e. The van der Waals surface area contributed by atoms with Gasteiger partial charge in [0.25, 0.3) is 0 Å². The van der Waals surface area contributed by atoms with E-state index in [0.29, 0.717) is 11.6 Å². The van der Waals surface area contributed by atoms with Crippen LogP contribution in [0.25, 0.3) is 89.4 Å². The first-order chi connectivity index (χ1) is 29.0. The normalized spacial score (nSPS) is 11.6. The Morgan fingerprint density at radius 2 is 0.661 bits per heavy atom. The summed E-state index contributed by atoms with van der Waals surface area (Å²) < 4.78 is 0. The molecule has 0 fully saturated rings. The maximum atomic E-state index is 5.11. The average Bonchev–Trinajstić information content (AvgIpc) is 3.31. The summed E-state index contributed by atoms with van der Waals surface area (Å²) in [6.07, 6.45) is 0. The first-order valence-corrected chi connectivity index (χ1v) is 20.1. The number of hydrogen-bond donors (Lipinski definition) is 0. The molecule has 0 saturated carbocycles. The fourth-order valence-corrected chi connectivity index (χ4v) is 8.08. The summed E-state index contributed by atoms with van der Waals surface area (Å²) in [6.45, 7) is 4.56. The Hall–Kier alpha value is -7.56. The van der Waals surface area contributed by atoms with E-state index in [1.807, 2.05) is 36.4 Å². The molecular formula is C55H40N4. The molecule has 0 aliphatic rings. The van der Waals surface area contributed by atoms with Crippen LogP contribution < -0.4 is 0 Å². The van der Waals surface area contributed by atoms with Gasteiger partial charge < -0.3 is 0 Å². The van der Waals surface area contributed by atoms with Crippen molar-refractivity contribution in [3.63, 3.8) is 0 Å². The summed E-state index contributed by atoms with van der Waals surface area (Å²) in [4.78, 5) is 20.4. The molecule has 0 aliphatic carbocycles. The van der Waals surface area contributed by atoms with Gasteiger partial charge in [-0.3, -0.25) is 0 Å². The van der Waals surface area contributed by atoms with Gasteiger partial charge in [0.15, 0.2) is 11.6 Å². The van der Waals surface area contributed by atoms with Crippen LogP contribution in [0.2, 0.25) is 0 Å². The van der Waals surface area contributed by atoms with E-state index >= 15 is 0 Å². The molecule has 10 aromatic rings. The van der Waals surface area contributed by atoms with Gasteiger partial charge in [0.2, 0.25) is 0 Å². The second-order valence-electron chi connectivity index (χ2n) is 15.5. The summed E-state index contributed by atoms with van der Waals surface area (Å²) in [7, 11) is 0. The Labute approximate surface area is 344 Å². The Bertz CT molecular complexity index is 2880. The molecule has 2 aromatic heterocycles. The predicted octanol–water partition coefficient (Wildman–Crippen LogP) is 13.9. The number of aromatic nitrogens is 4. The molecule has 0 atom stereocenters. The third kappa shape index (κ3) is 6.96. The molecule has 59 heavy (non-hydrogen) atoms. The molecule has 10 rings (SSSR count). The number of benzene rings is 8. The fraction of sp³-hybridized carbons (Fsp3) is 0.0545. The molecule has 280 valence electrons. The minimum absolute atomic E-state index is 0.263. The van der Waals surface area contributed by atoms with E-state index < -0.39 is 0 Å². The molecule has 2 heterocycles. The van der Waals surface area contributed by atoms with Crippen LogP contribution in [0.5, 0.6) is 0 Å². The molecule has 0 amide bonds. The van der Waals surface area contributed by atoms with Crippen molar-refractivity contribution in [2.75, 3.05) is 0 Å². The number of fused-ring (bicyclic) bond motifs is 2. The van der Waals surface area contributed by atoms with Crippen LogP contribution in [0.1, 0.15) is 25.0 Å². The highest BCUT2D eigenvalue weighted by atomic mass is 14.9. The highest BCUT2D eigenvalue weighted by molar-refractivity contribution is 5.97. The van der Waals surface area contributed by atoms with Gasteiger partial charge in [-0.1, -0.05) is 208 Å². The van der Waals surface area contributed by atoms with Crippen molar-refractivity contribution in [1.82, 2.24) is 19.9 Å². The highest BCUT2D eigenvalue weighted by Gasteiger charge is 2.24. The Morgan fingerprint density at radius 1 is 0.305 bits per heavy atom. The molecule has 0 spiro atoms. The highest BCUT2D eigenvalue weighted by Crippen LogP contribution is 2.37. The van der Waals surface area contributed by atoms with E-state index in [9.17, 15) is 0 Å². The Morgan fingerprint density at radius 3 is 1.08 bits per heavy atom. The largest absolute Gasteiger partial charge is 0.228 e. The second kappa shape index (κ2) is 15.1. The molecule has 0 radical (unpaired) electrons. The number of nitrogens with zero attached hydrogens (tertiary/aromatic N) is 4. The molecule has 0 bridgehead atoms. The number of rotatable bonds is 8. The summed E-state index contributed by atoms with van der Waals surface area (Å²) in [6, 6.07) is 72.1. The standard InChI is InChI=1S/C55H40N4/c1-55(2,43-31-27-39(28-32-43)49-35-51(58-53(56-49)41-17-5-3-6-18-41)47-25-13-21-37-15-9-11-23-45(37)47)44-33-29-40(30-34-44)50-36-52(59-54(57-50)42-19-7-4-8-20-42)48-26-14-22-38-16-10-12-24-46(38)48/h3-36H,1-2H3. The van der Waals surface area contributed by atoms with Crippen LogP contribution >= 0.6 is 0 Å². The average molecular weight is 757 g/mol. The van der Waals surface area contributed by atoms with Crippen molar-refractivity contribution >= 4 is 21.5 Å². The van der Waals surface area contributed by atoms with E-state index in [-0.39, 0.29) is 5.41 Å². The monoisotopic (exact) mass is 756 g/mol.